The molecule has 3 heteroatoms. The lowest BCUT2D eigenvalue weighted by Gasteiger charge is -2.14. The molecule has 0 aliphatic rings. The van der Waals surface area contributed by atoms with Gasteiger partial charge in [-0.2, -0.15) is 0 Å². The normalized spacial score (nSPS) is 12.5. The Kier molecular flexibility index (Phi) is 22.3. The minimum atomic E-state index is -0.173. The summed E-state index contributed by atoms with van der Waals surface area (Å²) in [4.78, 5) is 0. The number of hydrogen-bond donors (Lipinski definition) is 0. The van der Waals surface area contributed by atoms with E-state index in [-0.39, 0.29) is 8.31 Å². The van der Waals surface area contributed by atoms with Crippen molar-refractivity contribution in [3.05, 3.63) is 0 Å². The average molecular weight is 387 g/mol. The predicted molar refractivity (Wildman–Crippen MR) is 125 cm³/mol. The van der Waals surface area contributed by atoms with E-state index in [2.05, 4.69) is 20.4 Å². The summed E-state index contributed by atoms with van der Waals surface area (Å²) in [5.74, 6) is 0. The smallest absolute Gasteiger partial charge is 0.0210 e. The van der Waals surface area contributed by atoms with Crippen molar-refractivity contribution in [1.29, 1.82) is 0 Å². The Morgan fingerprint density at radius 3 is 1.17 bits per heavy atom. The van der Waals surface area contributed by atoms with Crippen molar-refractivity contribution in [2.75, 3.05) is 0 Å². The molecule has 24 heavy (non-hydrogen) atoms. The number of rotatable bonds is 20. The molecule has 0 aromatic carbocycles. The number of unbranched alkanes of at least 4 members (excludes halogenated alkanes) is 14. The van der Waals surface area contributed by atoms with Gasteiger partial charge >= 0.3 is 0 Å². The molecular formula is C21H50Si3. The maximum atomic E-state index is 2.60. The van der Waals surface area contributed by atoms with Crippen molar-refractivity contribution < 1.29 is 0 Å². The zero-order valence-corrected chi connectivity index (χ0v) is 21.7. The van der Waals surface area contributed by atoms with E-state index < -0.39 is 0 Å². The van der Waals surface area contributed by atoms with Crippen LogP contribution in [-0.4, -0.2) is 25.9 Å². The van der Waals surface area contributed by atoms with E-state index in [1.807, 2.05) is 0 Å². The molecule has 146 valence electrons. The molecule has 0 heterocycles. The van der Waals surface area contributed by atoms with E-state index in [0.29, 0.717) is 17.6 Å². The van der Waals surface area contributed by atoms with Crippen LogP contribution in [0.5, 0.6) is 0 Å². The molecule has 0 unspecified atom stereocenters. The molecule has 0 fully saturated rings. The quantitative estimate of drug-likeness (QED) is 0.170. The van der Waals surface area contributed by atoms with E-state index >= 15 is 0 Å². The third-order valence-electron chi connectivity index (χ3n) is 5.63. The van der Waals surface area contributed by atoms with Crippen molar-refractivity contribution in [1.82, 2.24) is 0 Å². The average Bonchev–Trinajstić information content (AvgIpc) is 2.59. The molecule has 0 radical (unpaired) electrons. The third-order valence-corrected chi connectivity index (χ3v) is 28.6. The van der Waals surface area contributed by atoms with Crippen molar-refractivity contribution >= 4 is 25.9 Å². The molecule has 0 bridgehead atoms. The van der Waals surface area contributed by atoms with Gasteiger partial charge in [0, 0.05) is 25.9 Å². The summed E-state index contributed by atoms with van der Waals surface area (Å²) in [5.41, 5.74) is 0. The van der Waals surface area contributed by atoms with Crippen molar-refractivity contribution in [3.63, 3.8) is 0 Å². The summed E-state index contributed by atoms with van der Waals surface area (Å²) < 4.78 is 0. The minimum Gasteiger partial charge on any atom is -0.0773 e. The lowest BCUT2D eigenvalue weighted by molar-refractivity contribution is 0.581. The lowest BCUT2D eigenvalue weighted by Crippen LogP contribution is -2.25. The summed E-state index contributed by atoms with van der Waals surface area (Å²) in [7, 11) is 0.799. The van der Waals surface area contributed by atoms with Crippen LogP contribution in [0.4, 0.5) is 0 Å². The molecule has 0 aromatic rings. The first-order valence-electron chi connectivity index (χ1n) is 11.8. The first kappa shape index (κ1) is 24.7. The van der Waals surface area contributed by atoms with E-state index in [1.54, 1.807) is 37.8 Å². The topological polar surface area (TPSA) is 0 Å². The van der Waals surface area contributed by atoms with Gasteiger partial charge in [0.2, 0.25) is 0 Å². The second-order valence-electron chi connectivity index (χ2n) is 8.18. The Labute approximate surface area is 161 Å². The highest BCUT2D eigenvalue weighted by Crippen LogP contribution is 2.15. The molecule has 0 atom stereocenters. The molecule has 0 rings (SSSR count). The van der Waals surface area contributed by atoms with Crippen molar-refractivity contribution in [2.45, 2.75) is 135 Å². The van der Waals surface area contributed by atoms with Gasteiger partial charge in [-0.05, 0) is 0 Å². The lowest BCUT2D eigenvalue weighted by atomic mass is 10.1. The third kappa shape index (κ3) is 19.0. The molecular weight excluding hydrogens is 336 g/mol. The van der Waals surface area contributed by atoms with Gasteiger partial charge in [-0.1, -0.05) is 135 Å². The summed E-state index contributed by atoms with van der Waals surface area (Å²) in [6.07, 6.45) is 24.1. The van der Waals surface area contributed by atoms with Crippen LogP contribution in [0.3, 0.4) is 0 Å². The summed E-state index contributed by atoms with van der Waals surface area (Å²) in [6, 6.07) is 3.50. The SMILES string of the molecule is CCCCCCCCCC[SiH](CCCCCCCCCC)[SiH2][SiH2]C. The van der Waals surface area contributed by atoms with Gasteiger partial charge in [0.05, 0.1) is 0 Å². The summed E-state index contributed by atoms with van der Waals surface area (Å²) >= 11 is 0. The van der Waals surface area contributed by atoms with Gasteiger partial charge in [-0.25, -0.2) is 0 Å². The monoisotopic (exact) mass is 386 g/mol. The second kappa shape index (κ2) is 21.7. The van der Waals surface area contributed by atoms with Crippen LogP contribution in [-0.2, 0) is 0 Å². The molecule has 0 aliphatic heterocycles. The van der Waals surface area contributed by atoms with E-state index in [1.165, 1.54) is 77.0 Å². The van der Waals surface area contributed by atoms with Crippen LogP contribution in [0, 0.1) is 0 Å². The Bertz CT molecular complexity index is 201. The van der Waals surface area contributed by atoms with Gasteiger partial charge in [0.1, 0.15) is 0 Å². The standard InChI is InChI=1S/C21H50Si3/c1-4-6-8-10-12-14-16-18-20-24(23-22-3)21-19-17-15-13-11-9-7-5-2/h24H,4-23H2,1-3H3. The predicted octanol–water partition coefficient (Wildman–Crippen LogP) is 6.29. The zero-order chi connectivity index (χ0) is 17.7. The molecule has 0 N–H and O–H groups in total. The van der Waals surface area contributed by atoms with Crippen LogP contribution in [0.15, 0.2) is 0 Å². The Morgan fingerprint density at radius 1 is 0.500 bits per heavy atom. The van der Waals surface area contributed by atoms with Gasteiger partial charge in [-0.3, -0.25) is 0 Å². The molecule has 0 spiro atoms. The Morgan fingerprint density at radius 2 is 0.833 bits per heavy atom. The molecule has 0 saturated carbocycles. The summed E-state index contributed by atoms with van der Waals surface area (Å²) in [5, 5.41) is 0. The highest BCUT2D eigenvalue weighted by molar-refractivity contribution is 7.35. The van der Waals surface area contributed by atoms with Gasteiger partial charge in [-0.15, -0.1) is 0 Å². The van der Waals surface area contributed by atoms with Gasteiger partial charge < -0.3 is 0 Å². The van der Waals surface area contributed by atoms with Crippen LogP contribution in [0.2, 0.25) is 18.6 Å². The van der Waals surface area contributed by atoms with E-state index in [9.17, 15) is 0 Å². The van der Waals surface area contributed by atoms with E-state index in [4.69, 9.17) is 0 Å². The van der Waals surface area contributed by atoms with Crippen molar-refractivity contribution in [2.24, 2.45) is 0 Å². The highest BCUT2D eigenvalue weighted by atomic mass is 29.5. The van der Waals surface area contributed by atoms with Crippen molar-refractivity contribution in [3.8, 4) is 0 Å². The first-order chi connectivity index (χ1) is 11.8. The first-order valence-corrected chi connectivity index (χ1v) is 22.2. The highest BCUT2D eigenvalue weighted by Gasteiger charge is 2.09. The zero-order valence-electron chi connectivity index (χ0n) is 17.7. The van der Waals surface area contributed by atoms with E-state index in [0.717, 1.165) is 0 Å². The molecule has 0 aromatic heterocycles. The van der Waals surface area contributed by atoms with Gasteiger partial charge in [0.15, 0.2) is 0 Å². The minimum absolute atomic E-state index is 0.173. The molecule has 0 aliphatic carbocycles. The van der Waals surface area contributed by atoms with Crippen LogP contribution in [0.25, 0.3) is 0 Å². The maximum absolute atomic E-state index is 2.60. The maximum Gasteiger partial charge on any atom is 0.0210 e. The fourth-order valence-corrected chi connectivity index (χ4v) is 25.8. The Hall–Kier alpha value is 0.651. The van der Waals surface area contributed by atoms with Crippen LogP contribution in [0.1, 0.15) is 117 Å². The fraction of sp³-hybridized carbons (Fsp3) is 1.00. The molecule has 0 nitrogen and oxygen atoms in total. The molecule has 0 saturated heterocycles. The molecule has 0 amide bonds. The Balaban J connectivity index is 3.43. The fourth-order valence-electron chi connectivity index (χ4n) is 3.98. The second-order valence-corrected chi connectivity index (χ2v) is 26.0. The number of hydrogen-bond acceptors (Lipinski definition) is 0. The largest absolute Gasteiger partial charge is 0.0773 e. The summed E-state index contributed by atoms with van der Waals surface area (Å²) in [6.45, 7) is 7.24. The van der Waals surface area contributed by atoms with Crippen LogP contribution >= 0.6 is 0 Å². The van der Waals surface area contributed by atoms with Crippen LogP contribution < -0.4 is 0 Å². The van der Waals surface area contributed by atoms with Gasteiger partial charge in [0.25, 0.3) is 0 Å².